The third-order valence-electron chi connectivity index (χ3n) is 5.62. The van der Waals surface area contributed by atoms with Gasteiger partial charge in [-0.1, -0.05) is 13.8 Å². The molecule has 5 rings (SSSR count). The molecule has 3 aromatic rings. The molecule has 2 amide bonds. The monoisotopic (exact) mass is 520 g/mol. The fraction of sp³-hybridized carbons (Fsp3) is 0.333. The van der Waals surface area contributed by atoms with Crippen molar-refractivity contribution in [3.63, 3.8) is 0 Å². The lowest BCUT2D eigenvalue weighted by Gasteiger charge is -2.20. The minimum atomic E-state index is -0.688. The van der Waals surface area contributed by atoms with Gasteiger partial charge in [-0.25, -0.2) is 9.97 Å². The first-order valence-electron chi connectivity index (χ1n) is 12.4. The second kappa shape index (κ2) is 12.6. The van der Waals surface area contributed by atoms with E-state index in [0.29, 0.717) is 35.3 Å². The molecule has 0 saturated heterocycles. The van der Waals surface area contributed by atoms with Crippen LogP contribution in [0.1, 0.15) is 20.3 Å². The predicted octanol–water partition coefficient (Wildman–Crippen LogP) is 3.39. The number of rotatable bonds is 3. The van der Waals surface area contributed by atoms with Gasteiger partial charge in [-0.05, 0) is 48.7 Å². The lowest BCUT2D eigenvalue weighted by Crippen LogP contribution is -2.49. The van der Waals surface area contributed by atoms with Crippen LogP contribution in [0.3, 0.4) is 0 Å². The van der Waals surface area contributed by atoms with E-state index in [1.54, 1.807) is 37.4 Å². The summed E-state index contributed by atoms with van der Waals surface area (Å²) < 4.78 is 16.9. The van der Waals surface area contributed by atoms with E-state index < -0.39 is 6.04 Å². The molecule has 0 aliphatic carbocycles. The summed E-state index contributed by atoms with van der Waals surface area (Å²) in [6.45, 7) is 4.21. The minimum Gasteiger partial charge on any atom is -0.493 e. The highest BCUT2D eigenvalue weighted by atomic mass is 16.5. The topological polar surface area (TPSA) is 136 Å². The average molecular weight is 521 g/mol. The Kier molecular flexibility index (Phi) is 8.81. The summed E-state index contributed by atoms with van der Waals surface area (Å²) in [4.78, 5) is 34.0. The Morgan fingerprint density at radius 2 is 1.68 bits per heavy atom. The quantitative estimate of drug-likeness (QED) is 0.383. The molecule has 2 aromatic carbocycles. The number of nitrogens with one attached hydrogen (secondary N) is 4. The zero-order valence-corrected chi connectivity index (χ0v) is 21.6. The van der Waals surface area contributed by atoms with Crippen molar-refractivity contribution in [3.8, 4) is 17.2 Å². The van der Waals surface area contributed by atoms with Crippen molar-refractivity contribution in [2.45, 2.75) is 26.3 Å². The molecule has 1 unspecified atom stereocenters. The highest BCUT2D eigenvalue weighted by molar-refractivity contribution is 5.88. The molecule has 0 spiro atoms. The lowest BCUT2D eigenvalue weighted by molar-refractivity contribution is -0.130. The summed E-state index contributed by atoms with van der Waals surface area (Å²) in [7, 11) is 1.56. The maximum atomic E-state index is 12.8. The lowest BCUT2D eigenvalue weighted by atomic mass is 10.0. The zero-order chi connectivity index (χ0) is 26.9. The third kappa shape index (κ3) is 7.48. The van der Waals surface area contributed by atoms with E-state index in [-0.39, 0.29) is 37.5 Å². The van der Waals surface area contributed by atoms with Crippen LogP contribution in [0, 0.1) is 5.92 Å². The van der Waals surface area contributed by atoms with Gasteiger partial charge in [0, 0.05) is 23.5 Å². The molecule has 0 radical (unpaired) electrons. The van der Waals surface area contributed by atoms with Crippen LogP contribution in [0.5, 0.6) is 17.2 Å². The molecular weight excluding hydrogens is 488 g/mol. The van der Waals surface area contributed by atoms with Crippen molar-refractivity contribution >= 4 is 34.8 Å². The Labute approximate surface area is 221 Å². The number of amides is 2. The van der Waals surface area contributed by atoms with E-state index >= 15 is 0 Å². The van der Waals surface area contributed by atoms with Crippen LogP contribution in [0.2, 0.25) is 0 Å². The number of methoxy groups -OCH3 is 1. The van der Waals surface area contributed by atoms with Gasteiger partial charge in [0.2, 0.25) is 5.91 Å². The summed E-state index contributed by atoms with van der Waals surface area (Å²) in [5.41, 5.74) is 1.51. The Morgan fingerprint density at radius 1 is 0.974 bits per heavy atom. The summed E-state index contributed by atoms with van der Waals surface area (Å²) in [6, 6.07) is 13.6. The Hall–Kier alpha value is -4.54. The van der Waals surface area contributed by atoms with Gasteiger partial charge in [0.15, 0.2) is 18.1 Å². The van der Waals surface area contributed by atoms with Crippen LogP contribution in [-0.2, 0) is 9.59 Å². The van der Waals surface area contributed by atoms with Crippen LogP contribution in [0.25, 0.3) is 0 Å². The smallest absolute Gasteiger partial charge is 0.258 e. The number of carbonyl (C=O) groups is 2. The van der Waals surface area contributed by atoms with Gasteiger partial charge in [-0.15, -0.1) is 0 Å². The van der Waals surface area contributed by atoms with E-state index in [0.717, 1.165) is 11.4 Å². The first-order valence-corrected chi connectivity index (χ1v) is 12.4. The summed E-state index contributed by atoms with van der Waals surface area (Å²) in [5.74, 6) is 2.29. The fourth-order valence-corrected chi connectivity index (χ4v) is 3.84. The fourth-order valence-electron chi connectivity index (χ4n) is 3.84. The van der Waals surface area contributed by atoms with Crippen LogP contribution in [0.15, 0.2) is 54.9 Å². The summed E-state index contributed by atoms with van der Waals surface area (Å²) in [6.07, 6.45) is 1.94. The molecule has 6 bridgehead atoms. The number of carbonyl (C=O) groups excluding carboxylic acids is 2. The van der Waals surface area contributed by atoms with Crippen molar-refractivity contribution in [2.24, 2.45) is 5.92 Å². The number of ether oxygens (including phenoxy) is 3. The number of hydrogen-bond acceptors (Lipinski definition) is 9. The van der Waals surface area contributed by atoms with Gasteiger partial charge >= 0.3 is 0 Å². The average Bonchev–Trinajstić information content (AvgIpc) is 2.90. The second-order valence-corrected chi connectivity index (χ2v) is 9.11. The SMILES string of the molecule is COc1ccc2cc1OCCNC(=O)C(CC(C)C)NC(=O)COc1ccc(cc1)Nc1cc(ncn1)N2. The van der Waals surface area contributed by atoms with Gasteiger partial charge < -0.3 is 35.5 Å². The minimum absolute atomic E-state index is 0.199. The van der Waals surface area contributed by atoms with Crippen molar-refractivity contribution < 1.29 is 23.8 Å². The number of nitrogens with zero attached hydrogens (tertiary/aromatic N) is 2. The Morgan fingerprint density at radius 3 is 2.39 bits per heavy atom. The normalized spacial score (nSPS) is 16.4. The highest BCUT2D eigenvalue weighted by Gasteiger charge is 2.22. The summed E-state index contributed by atoms with van der Waals surface area (Å²) in [5, 5.41) is 12.1. The van der Waals surface area contributed by atoms with Gasteiger partial charge in [-0.2, -0.15) is 0 Å². The largest absolute Gasteiger partial charge is 0.493 e. The summed E-state index contributed by atoms with van der Waals surface area (Å²) >= 11 is 0. The van der Waals surface area contributed by atoms with Crippen molar-refractivity contribution in [1.82, 2.24) is 20.6 Å². The molecule has 1 aromatic heterocycles. The molecular formula is C27H32N6O5. The molecule has 11 heteroatoms. The van der Waals surface area contributed by atoms with Crippen LogP contribution in [0.4, 0.5) is 23.0 Å². The molecule has 2 aliphatic rings. The van der Waals surface area contributed by atoms with Gasteiger partial charge in [0.1, 0.15) is 36.4 Å². The predicted molar refractivity (Wildman–Crippen MR) is 143 cm³/mol. The number of benzene rings is 2. The van der Waals surface area contributed by atoms with Crippen LogP contribution in [-0.4, -0.2) is 54.7 Å². The number of aromatic nitrogens is 2. The van der Waals surface area contributed by atoms with Gasteiger partial charge in [0.05, 0.1) is 13.7 Å². The maximum absolute atomic E-state index is 12.8. The van der Waals surface area contributed by atoms with Crippen molar-refractivity contribution in [1.29, 1.82) is 0 Å². The highest BCUT2D eigenvalue weighted by Crippen LogP contribution is 2.31. The Balaban J connectivity index is 1.58. The second-order valence-electron chi connectivity index (χ2n) is 9.11. The standard InChI is InChI=1S/C27H32N6O5/c1-17(2)12-21-27(35)28-10-11-37-23-13-19(6-9-22(23)36-3)32-25-14-24(29-16-30-25)31-18-4-7-20(8-5-18)38-15-26(34)33-21/h4-9,13-14,16-17,21H,10-12,15H2,1-3H3,(H,28,35)(H,33,34)(H2,29,30,31,32). The van der Waals surface area contributed by atoms with Crippen LogP contribution < -0.4 is 35.5 Å². The van der Waals surface area contributed by atoms with E-state index in [1.165, 1.54) is 6.33 Å². The molecule has 4 N–H and O–H groups in total. The van der Waals surface area contributed by atoms with Gasteiger partial charge in [-0.3, -0.25) is 9.59 Å². The zero-order valence-electron chi connectivity index (χ0n) is 21.6. The van der Waals surface area contributed by atoms with E-state index in [4.69, 9.17) is 14.2 Å². The van der Waals surface area contributed by atoms with E-state index in [2.05, 4.69) is 31.2 Å². The molecule has 1 atom stereocenters. The first kappa shape index (κ1) is 26.5. The van der Waals surface area contributed by atoms with Crippen molar-refractivity contribution in [2.75, 3.05) is 37.5 Å². The first-order chi connectivity index (χ1) is 18.4. The number of fused-ring (bicyclic) bond motifs is 11. The molecule has 3 heterocycles. The molecule has 2 aliphatic heterocycles. The Bertz CT molecular complexity index is 1250. The van der Waals surface area contributed by atoms with E-state index in [1.807, 2.05) is 32.0 Å². The van der Waals surface area contributed by atoms with Gasteiger partial charge in [0.25, 0.3) is 5.91 Å². The van der Waals surface area contributed by atoms with Crippen LogP contribution >= 0.6 is 0 Å². The molecule has 0 fully saturated rings. The third-order valence-corrected chi connectivity index (χ3v) is 5.62. The van der Waals surface area contributed by atoms with Crippen molar-refractivity contribution in [3.05, 3.63) is 54.9 Å². The molecule has 11 nitrogen and oxygen atoms in total. The maximum Gasteiger partial charge on any atom is 0.258 e. The molecule has 38 heavy (non-hydrogen) atoms. The molecule has 200 valence electrons. The number of anilines is 4. The molecule has 0 saturated carbocycles. The van der Waals surface area contributed by atoms with E-state index in [9.17, 15) is 9.59 Å². The number of hydrogen-bond donors (Lipinski definition) is 4.